The van der Waals surface area contributed by atoms with E-state index in [2.05, 4.69) is 22.9 Å². The number of halogens is 1. The van der Waals surface area contributed by atoms with Gasteiger partial charge in [0.1, 0.15) is 5.69 Å². The molecule has 2 heterocycles. The SMILES string of the molecule is CCCn1cc(Br)cc1C(=O)N1CC(C)OCC1C. The van der Waals surface area contributed by atoms with Gasteiger partial charge in [-0.25, -0.2) is 0 Å². The van der Waals surface area contributed by atoms with Crippen LogP contribution in [-0.4, -0.2) is 40.7 Å². The van der Waals surface area contributed by atoms with Gasteiger partial charge in [-0.2, -0.15) is 0 Å². The van der Waals surface area contributed by atoms with E-state index < -0.39 is 0 Å². The molecule has 1 aliphatic rings. The van der Waals surface area contributed by atoms with Crippen molar-refractivity contribution in [3.05, 3.63) is 22.4 Å². The van der Waals surface area contributed by atoms with E-state index in [1.54, 1.807) is 0 Å². The van der Waals surface area contributed by atoms with Crippen LogP contribution in [0.2, 0.25) is 0 Å². The standard InChI is InChI=1S/C14H21BrN2O2/c1-4-5-16-8-12(15)6-13(16)14(18)17-7-11(3)19-9-10(17)2/h6,8,10-11H,4-5,7,9H2,1-3H3. The number of hydrogen-bond donors (Lipinski definition) is 0. The molecular weight excluding hydrogens is 308 g/mol. The quantitative estimate of drug-likeness (QED) is 0.855. The van der Waals surface area contributed by atoms with Crippen LogP contribution < -0.4 is 0 Å². The highest BCUT2D eigenvalue weighted by atomic mass is 79.9. The lowest BCUT2D eigenvalue weighted by Crippen LogP contribution is -2.50. The lowest BCUT2D eigenvalue weighted by atomic mass is 10.2. The second-order valence-corrected chi connectivity index (χ2v) is 6.10. The van der Waals surface area contributed by atoms with Crippen LogP contribution >= 0.6 is 15.9 Å². The molecule has 2 rings (SSSR count). The topological polar surface area (TPSA) is 34.5 Å². The first-order chi connectivity index (χ1) is 9.02. The number of nitrogens with zero attached hydrogens (tertiary/aromatic N) is 2. The third-order valence-corrected chi connectivity index (χ3v) is 3.85. The van der Waals surface area contributed by atoms with Crippen molar-refractivity contribution in [2.24, 2.45) is 0 Å². The average molecular weight is 329 g/mol. The third kappa shape index (κ3) is 3.20. The maximum Gasteiger partial charge on any atom is 0.270 e. The van der Waals surface area contributed by atoms with Crippen LogP contribution in [0.3, 0.4) is 0 Å². The molecule has 0 radical (unpaired) electrons. The second-order valence-electron chi connectivity index (χ2n) is 5.19. The highest BCUT2D eigenvalue weighted by Crippen LogP contribution is 2.20. The highest BCUT2D eigenvalue weighted by Gasteiger charge is 2.29. The Bertz CT molecular complexity index is 458. The molecule has 0 N–H and O–H groups in total. The van der Waals surface area contributed by atoms with Crippen molar-refractivity contribution in [1.29, 1.82) is 0 Å². The first kappa shape index (κ1) is 14.6. The zero-order valence-electron chi connectivity index (χ0n) is 11.7. The fourth-order valence-corrected chi connectivity index (χ4v) is 2.88. The Kier molecular flexibility index (Phi) is 4.68. The smallest absolute Gasteiger partial charge is 0.270 e. The molecule has 1 aromatic heterocycles. The molecule has 0 saturated carbocycles. The minimum Gasteiger partial charge on any atom is -0.375 e. The summed E-state index contributed by atoms with van der Waals surface area (Å²) < 4.78 is 8.56. The van der Waals surface area contributed by atoms with Gasteiger partial charge < -0.3 is 14.2 Å². The lowest BCUT2D eigenvalue weighted by molar-refractivity contribution is -0.0390. The number of carbonyl (C=O) groups excluding carboxylic acids is 1. The van der Waals surface area contributed by atoms with Gasteiger partial charge >= 0.3 is 0 Å². The summed E-state index contributed by atoms with van der Waals surface area (Å²) in [6.07, 6.45) is 3.10. The molecule has 0 spiro atoms. The van der Waals surface area contributed by atoms with Crippen molar-refractivity contribution in [3.8, 4) is 0 Å². The Balaban J connectivity index is 2.22. The third-order valence-electron chi connectivity index (χ3n) is 3.42. The summed E-state index contributed by atoms with van der Waals surface area (Å²) >= 11 is 3.46. The van der Waals surface area contributed by atoms with E-state index in [4.69, 9.17) is 4.74 Å². The van der Waals surface area contributed by atoms with Crippen molar-refractivity contribution < 1.29 is 9.53 Å². The number of carbonyl (C=O) groups is 1. The summed E-state index contributed by atoms with van der Waals surface area (Å²) in [7, 11) is 0. The Hall–Kier alpha value is -0.810. The minimum absolute atomic E-state index is 0.0989. The highest BCUT2D eigenvalue weighted by molar-refractivity contribution is 9.10. The van der Waals surface area contributed by atoms with E-state index in [0.29, 0.717) is 13.2 Å². The zero-order valence-corrected chi connectivity index (χ0v) is 13.3. The number of morpholine rings is 1. The van der Waals surface area contributed by atoms with E-state index >= 15 is 0 Å². The number of aromatic nitrogens is 1. The van der Waals surface area contributed by atoms with Gasteiger partial charge in [0, 0.05) is 23.8 Å². The summed E-state index contributed by atoms with van der Waals surface area (Å²) in [6.45, 7) is 8.29. The molecule has 4 nitrogen and oxygen atoms in total. The number of rotatable bonds is 3. The maximum absolute atomic E-state index is 12.7. The van der Waals surface area contributed by atoms with Crippen LogP contribution in [0.5, 0.6) is 0 Å². The number of ether oxygens (including phenoxy) is 1. The van der Waals surface area contributed by atoms with Crippen LogP contribution in [0.1, 0.15) is 37.7 Å². The molecule has 5 heteroatoms. The van der Waals surface area contributed by atoms with Crippen LogP contribution in [-0.2, 0) is 11.3 Å². The molecule has 106 valence electrons. The lowest BCUT2D eigenvalue weighted by Gasteiger charge is -2.36. The summed E-state index contributed by atoms with van der Waals surface area (Å²) in [4.78, 5) is 14.6. The normalized spacial score (nSPS) is 23.7. The van der Waals surface area contributed by atoms with Crippen molar-refractivity contribution in [2.75, 3.05) is 13.2 Å². The summed E-state index contributed by atoms with van der Waals surface area (Å²) in [5, 5.41) is 0. The molecule has 19 heavy (non-hydrogen) atoms. The van der Waals surface area contributed by atoms with Gasteiger partial charge in [0.2, 0.25) is 0 Å². The van der Waals surface area contributed by atoms with E-state index in [9.17, 15) is 4.79 Å². The monoisotopic (exact) mass is 328 g/mol. The fourth-order valence-electron chi connectivity index (χ4n) is 2.41. The molecule has 0 aromatic carbocycles. The second kappa shape index (κ2) is 6.09. The predicted octanol–water partition coefficient (Wildman–Crippen LogP) is 2.91. The first-order valence-corrected chi connectivity index (χ1v) is 7.60. The van der Waals surface area contributed by atoms with Crippen molar-refractivity contribution >= 4 is 21.8 Å². The average Bonchev–Trinajstić information content (AvgIpc) is 2.73. The summed E-state index contributed by atoms with van der Waals surface area (Å²) in [5.74, 6) is 0.0989. The maximum atomic E-state index is 12.7. The molecule has 2 atom stereocenters. The summed E-state index contributed by atoms with van der Waals surface area (Å²) in [5.41, 5.74) is 0.759. The predicted molar refractivity (Wildman–Crippen MR) is 78.3 cm³/mol. The first-order valence-electron chi connectivity index (χ1n) is 6.81. The number of hydrogen-bond acceptors (Lipinski definition) is 2. The van der Waals surface area contributed by atoms with Crippen molar-refractivity contribution in [2.45, 2.75) is 45.9 Å². The Morgan fingerprint density at radius 3 is 2.95 bits per heavy atom. The molecule has 0 bridgehead atoms. The molecule has 1 fully saturated rings. The fraction of sp³-hybridized carbons (Fsp3) is 0.643. The largest absolute Gasteiger partial charge is 0.375 e. The van der Waals surface area contributed by atoms with Gasteiger partial charge in [-0.05, 0) is 42.3 Å². The molecule has 2 unspecified atom stereocenters. The van der Waals surface area contributed by atoms with Gasteiger partial charge in [-0.15, -0.1) is 0 Å². The van der Waals surface area contributed by atoms with Gasteiger partial charge in [-0.1, -0.05) is 6.92 Å². The zero-order chi connectivity index (χ0) is 14.0. The van der Waals surface area contributed by atoms with Crippen LogP contribution in [0.15, 0.2) is 16.7 Å². The molecule has 0 aliphatic carbocycles. The minimum atomic E-state index is 0.0989. The number of amides is 1. The van der Waals surface area contributed by atoms with E-state index in [1.165, 1.54) is 0 Å². The molecule has 1 aliphatic heterocycles. The van der Waals surface area contributed by atoms with Crippen LogP contribution in [0, 0.1) is 0 Å². The Morgan fingerprint density at radius 2 is 2.26 bits per heavy atom. The molecule has 1 saturated heterocycles. The van der Waals surface area contributed by atoms with Crippen LogP contribution in [0.4, 0.5) is 0 Å². The van der Waals surface area contributed by atoms with E-state index in [1.807, 2.05) is 35.6 Å². The van der Waals surface area contributed by atoms with E-state index in [-0.39, 0.29) is 18.1 Å². The van der Waals surface area contributed by atoms with Gasteiger partial charge in [-0.3, -0.25) is 4.79 Å². The number of aryl methyl sites for hydroxylation is 1. The van der Waals surface area contributed by atoms with Gasteiger partial charge in [0.15, 0.2) is 0 Å². The van der Waals surface area contributed by atoms with Crippen molar-refractivity contribution in [3.63, 3.8) is 0 Å². The summed E-state index contributed by atoms with van der Waals surface area (Å²) in [6, 6.07) is 2.04. The van der Waals surface area contributed by atoms with E-state index in [0.717, 1.165) is 23.1 Å². The van der Waals surface area contributed by atoms with Crippen LogP contribution in [0.25, 0.3) is 0 Å². The van der Waals surface area contributed by atoms with Gasteiger partial charge in [0.05, 0.1) is 18.8 Å². The molecular formula is C14H21BrN2O2. The van der Waals surface area contributed by atoms with Crippen molar-refractivity contribution in [1.82, 2.24) is 9.47 Å². The Morgan fingerprint density at radius 1 is 1.53 bits per heavy atom. The Labute approximate surface area is 122 Å². The molecule has 1 aromatic rings. The molecule has 1 amide bonds. The van der Waals surface area contributed by atoms with Gasteiger partial charge in [0.25, 0.3) is 5.91 Å².